The van der Waals surface area contributed by atoms with Crippen LogP contribution in [0, 0.1) is 0 Å². The number of hydrogen-bond donors (Lipinski definition) is 3. The third-order valence-corrected chi connectivity index (χ3v) is 4.55. The third-order valence-electron chi connectivity index (χ3n) is 4.55. The molecule has 2 rings (SSSR count). The van der Waals surface area contributed by atoms with Crippen LogP contribution in [0.5, 0.6) is 0 Å². The van der Waals surface area contributed by atoms with Gasteiger partial charge in [0.15, 0.2) is 0 Å². The van der Waals surface area contributed by atoms with E-state index in [1.807, 2.05) is 54.6 Å². The first kappa shape index (κ1) is 22.1. The smallest absolute Gasteiger partial charge is 0.320 e. The largest absolute Gasteiger partial charge is 0.480 e. The molecule has 0 spiro atoms. The van der Waals surface area contributed by atoms with Gasteiger partial charge in [0.2, 0.25) is 11.8 Å². The minimum Gasteiger partial charge on any atom is -0.480 e. The van der Waals surface area contributed by atoms with Crippen LogP contribution in [0.4, 0.5) is 5.69 Å². The number of aliphatic carboxylic acids is 1. The molecule has 0 aliphatic rings. The highest BCUT2D eigenvalue weighted by molar-refractivity contribution is 5.93. The van der Waals surface area contributed by atoms with Crippen molar-refractivity contribution in [3.05, 3.63) is 65.7 Å². The lowest BCUT2D eigenvalue weighted by Crippen LogP contribution is -2.46. The van der Waals surface area contributed by atoms with E-state index in [1.165, 1.54) is 18.7 Å². The van der Waals surface area contributed by atoms with Crippen LogP contribution >= 0.6 is 0 Å². The van der Waals surface area contributed by atoms with Crippen molar-refractivity contribution in [2.45, 2.75) is 26.3 Å². The fraction of sp³-hybridized carbons (Fsp3) is 0.318. The number of para-hydroxylation sites is 1. The Morgan fingerprint density at radius 1 is 1.03 bits per heavy atom. The maximum atomic E-state index is 12.6. The molecule has 0 saturated heterocycles. The molecular weight excluding hydrogens is 370 g/mol. The van der Waals surface area contributed by atoms with E-state index in [-0.39, 0.29) is 31.4 Å². The number of carbonyl (C=O) groups is 3. The Hall–Kier alpha value is -3.19. The summed E-state index contributed by atoms with van der Waals surface area (Å²) in [6.07, 6.45) is 0.676. The molecule has 0 bridgehead atoms. The van der Waals surface area contributed by atoms with Gasteiger partial charge in [-0.3, -0.25) is 19.3 Å². The minimum absolute atomic E-state index is 0.0906. The predicted octanol–water partition coefficient (Wildman–Crippen LogP) is 2.13. The van der Waals surface area contributed by atoms with Crippen LogP contribution in [0.2, 0.25) is 0 Å². The van der Waals surface area contributed by atoms with E-state index >= 15 is 0 Å². The van der Waals surface area contributed by atoms with Gasteiger partial charge < -0.3 is 15.7 Å². The molecule has 0 aliphatic carbocycles. The van der Waals surface area contributed by atoms with Gasteiger partial charge in [-0.25, -0.2) is 0 Å². The highest BCUT2D eigenvalue weighted by Crippen LogP contribution is 2.19. The molecule has 154 valence electrons. The van der Waals surface area contributed by atoms with E-state index < -0.39 is 12.0 Å². The van der Waals surface area contributed by atoms with Crippen molar-refractivity contribution in [2.75, 3.05) is 25.0 Å². The van der Waals surface area contributed by atoms with E-state index in [0.29, 0.717) is 12.1 Å². The number of hydrogen-bond acceptors (Lipinski definition) is 4. The minimum atomic E-state index is -1.02. The van der Waals surface area contributed by atoms with Crippen LogP contribution in [-0.4, -0.2) is 53.5 Å². The summed E-state index contributed by atoms with van der Waals surface area (Å²) >= 11 is 0. The van der Waals surface area contributed by atoms with Gasteiger partial charge in [-0.2, -0.15) is 0 Å². The standard InChI is InChI=1S/C22H27N3O4/c1-16(22(28)29)25(13-12-23-17(2)26)15-21(27)24-20-11-7-6-10-19(20)14-18-8-4-3-5-9-18/h3-11,16H,12-15H2,1-2H3,(H,23,26)(H,24,27)(H,28,29). The molecule has 1 atom stereocenters. The number of benzene rings is 2. The maximum absolute atomic E-state index is 12.6. The van der Waals surface area contributed by atoms with Crippen molar-refractivity contribution in [3.8, 4) is 0 Å². The topological polar surface area (TPSA) is 98.7 Å². The molecule has 2 aromatic rings. The van der Waals surface area contributed by atoms with E-state index in [9.17, 15) is 19.5 Å². The van der Waals surface area contributed by atoms with Crippen LogP contribution in [0.25, 0.3) is 0 Å². The quantitative estimate of drug-likeness (QED) is 0.570. The van der Waals surface area contributed by atoms with Gasteiger partial charge in [-0.1, -0.05) is 48.5 Å². The molecule has 0 heterocycles. The zero-order valence-corrected chi connectivity index (χ0v) is 16.7. The van der Waals surface area contributed by atoms with Gasteiger partial charge in [0.05, 0.1) is 6.54 Å². The molecule has 2 amide bonds. The second-order valence-corrected chi connectivity index (χ2v) is 6.84. The average molecular weight is 397 g/mol. The van der Waals surface area contributed by atoms with Crippen LogP contribution < -0.4 is 10.6 Å². The SMILES string of the molecule is CC(=O)NCCN(CC(=O)Nc1ccccc1Cc1ccccc1)C(C)C(=O)O. The second-order valence-electron chi connectivity index (χ2n) is 6.84. The lowest BCUT2D eigenvalue weighted by molar-refractivity contribution is -0.142. The van der Waals surface area contributed by atoms with Crippen LogP contribution in [0.1, 0.15) is 25.0 Å². The van der Waals surface area contributed by atoms with Crippen LogP contribution in [-0.2, 0) is 20.8 Å². The van der Waals surface area contributed by atoms with Crippen molar-refractivity contribution in [3.63, 3.8) is 0 Å². The van der Waals surface area contributed by atoms with Crippen molar-refractivity contribution < 1.29 is 19.5 Å². The van der Waals surface area contributed by atoms with Gasteiger partial charge >= 0.3 is 5.97 Å². The number of rotatable bonds is 10. The van der Waals surface area contributed by atoms with Crippen molar-refractivity contribution in [1.29, 1.82) is 0 Å². The lowest BCUT2D eigenvalue weighted by atomic mass is 10.0. The fourth-order valence-corrected chi connectivity index (χ4v) is 2.93. The zero-order chi connectivity index (χ0) is 21.2. The summed E-state index contributed by atoms with van der Waals surface area (Å²) in [5.41, 5.74) is 2.81. The maximum Gasteiger partial charge on any atom is 0.320 e. The molecule has 2 aromatic carbocycles. The normalized spacial score (nSPS) is 11.7. The molecule has 1 unspecified atom stereocenters. The highest BCUT2D eigenvalue weighted by atomic mass is 16.4. The number of nitrogens with zero attached hydrogens (tertiary/aromatic N) is 1. The molecular formula is C22H27N3O4. The first-order valence-electron chi connectivity index (χ1n) is 9.49. The number of anilines is 1. The average Bonchev–Trinajstić information content (AvgIpc) is 2.68. The lowest BCUT2D eigenvalue weighted by Gasteiger charge is -2.25. The Kier molecular flexibility index (Phi) is 8.36. The third kappa shape index (κ3) is 7.38. The first-order valence-corrected chi connectivity index (χ1v) is 9.49. The molecule has 29 heavy (non-hydrogen) atoms. The molecule has 3 N–H and O–H groups in total. The Bertz CT molecular complexity index is 839. The fourth-order valence-electron chi connectivity index (χ4n) is 2.93. The summed E-state index contributed by atoms with van der Waals surface area (Å²) in [7, 11) is 0. The van der Waals surface area contributed by atoms with E-state index in [0.717, 1.165) is 11.1 Å². The Balaban J connectivity index is 2.05. The molecule has 0 radical (unpaired) electrons. The summed E-state index contributed by atoms with van der Waals surface area (Å²) in [5.74, 6) is -1.53. The number of carboxylic acids is 1. The van der Waals surface area contributed by atoms with Gasteiger partial charge in [-0.05, 0) is 30.5 Å². The number of amides is 2. The van der Waals surface area contributed by atoms with Crippen molar-refractivity contribution in [2.24, 2.45) is 0 Å². The van der Waals surface area contributed by atoms with Crippen LogP contribution in [0.15, 0.2) is 54.6 Å². The van der Waals surface area contributed by atoms with E-state index in [4.69, 9.17) is 0 Å². The Morgan fingerprint density at radius 2 is 1.69 bits per heavy atom. The Morgan fingerprint density at radius 3 is 2.34 bits per heavy atom. The number of nitrogens with one attached hydrogen (secondary N) is 2. The predicted molar refractivity (Wildman–Crippen MR) is 112 cm³/mol. The summed E-state index contributed by atoms with van der Waals surface area (Å²) in [6, 6.07) is 16.6. The monoisotopic (exact) mass is 397 g/mol. The molecule has 0 fully saturated rings. The Labute approximate surface area is 170 Å². The van der Waals surface area contributed by atoms with E-state index in [2.05, 4.69) is 10.6 Å². The van der Waals surface area contributed by atoms with Crippen molar-refractivity contribution in [1.82, 2.24) is 10.2 Å². The summed E-state index contributed by atoms with van der Waals surface area (Å²) in [4.78, 5) is 36.6. The first-order chi connectivity index (χ1) is 13.9. The van der Waals surface area contributed by atoms with Crippen LogP contribution in [0.3, 0.4) is 0 Å². The number of carboxylic acid groups (broad SMARTS) is 1. The van der Waals surface area contributed by atoms with Gasteiger partial charge in [0, 0.05) is 25.7 Å². The summed E-state index contributed by atoms with van der Waals surface area (Å²) in [5, 5.41) is 14.8. The van der Waals surface area contributed by atoms with Crippen molar-refractivity contribution >= 4 is 23.5 Å². The highest BCUT2D eigenvalue weighted by Gasteiger charge is 2.23. The molecule has 0 aromatic heterocycles. The summed E-state index contributed by atoms with van der Waals surface area (Å²) < 4.78 is 0. The number of carbonyl (C=O) groups excluding carboxylic acids is 2. The summed E-state index contributed by atoms with van der Waals surface area (Å²) in [6.45, 7) is 3.34. The molecule has 0 aliphatic heterocycles. The van der Waals surface area contributed by atoms with Gasteiger partial charge in [0.1, 0.15) is 6.04 Å². The molecule has 7 nitrogen and oxygen atoms in total. The second kappa shape index (κ2) is 11.0. The molecule has 0 saturated carbocycles. The van der Waals surface area contributed by atoms with E-state index in [1.54, 1.807) is 0 Å². The van der Waals surface area contributed by atoms with Gasteiger partial charge in [0.25, 0.3) is 0 Å². The molecule has 7 heteroatoms. The zero-order valence-electron chi connectivity index (χ0n) is 16.7. The van der Waals surface area contributed by atoms with Gasteiger partial charge in [-0.15, -0.1) is 0 Å².